The smallest absolute Gasteiger partial charge is 0.227 e. The van der Waals surface area contributed by atoms with Gasteiger partial charge < -0.3 is 25.3 Å². The van der Waals surface area contributed by atoms with E-state index in [9.17, 15) is 4.79 Å². The molecule has 1 fully saturated rings. The second-order valence-corrected chi connectivity index (χ2v) is 6.61. The summed E-state index contributed by atoms with van der Waals surface area (Å²) in [6.07, 6.45) is 2.01. The van der Waals surface area contributed by atoms with Gasteiger partial charge >= 0.3 is 0 Å². The first-order valence-electron chi connectivity index (χ1n) is 8.29. The van der Waals surface area contributed by atoms with E-state index in [1.807, 2.05) is 12.1 Å². The zero-order valence-corrected chi connectivity index (χ0v) is 15.6. The highest BCUT2D eigenvalue weighted by molar-refractivity contribution is 6.32. The Hall–Kier alpha value is -1.21. The normalized spacial score (nSPS) is 18.2. The summed E-state index contributed by atoms with van der Waals surface area (Å²) in [5, 5.41) is 3.54. The van der Waals surface area contributed by atoms with E-state index >= 15 is 0 Å². The molecular weight excluding hydrogens is 367 g/mol. The number of nitrogens with two attached hydrogens (primary N) is 1. The monoisotopic (exact) mass is 390 g/mol. The van der Waals surface area contributed by atoms with Gasteiger partial charge in [-0.05, 0) is 37.0 Å². The molecule has 6 nitrogen and oxygen atoms in total. The molecule has 3 rings (SSSR count). The fourth-order valence-corrected chi connectivity index (χ4v) is 3.39. The fourth-order valence-electron chi connectivity index (χ4n) is 3.10. The number of hydrogen-bond acceptors (Lipinski definition) is 5. The Morgan fingerprint density at radius 1 is 1.20 bits per heavy atom. The molecule has 0 atom stereocenters. The number of rotatable bonds is 5. The second-order valence-electron chi connectivity index (χ2n) is 6.20. The van der Waals surface area contributed by atoms with Crippen LogP contribution < -0.4 is 20.5 Å². The van der Waals surface area contributed by atoms with Gasteiger partial charge in [-0.3, -0.25) is 4.79 Å². The van der Waals surface area contributed by atoms with Crippen LogP contribution in [0.5, 0.6) is 11.5 Å². The van der Waals surface area contributed by atoms with Crippen molar-refractivity contribution >= 4 is 29.9 Å². The Kier molecular flexibility index (Phi) is 7.19. The molecular formula is C17H24Cl2N2O4. The molecule has 8 heteroatoms. The quantitative estimate of drug-likeness (QED) is 0.802. The molecule has 140 valence electrons. The molecule has 2 aliphatic heterocycles. The number of hydrogen-bond donors (Lipinski definition) is 2. The van der Waals surface area contributed by atoms with Crippen LogP contribution in [0.2, 0.25) is 5.02 Å². The van der Waals surface area contributed by atoms with Crippen molar-refractivity contribution in [3.05, 3.63) is 22.7 Å². The average molecular weight is 391 g/mol. The van der Waals surface area contributed by atoms with E-state index in [4.69, 9.17) is 31.5 Å². The summed E-state index contributed by atoms with van der Waals surface area (Å²) < 4.78 is 16.4. The minimum Gasteiger partial charge on any atom is -0.486 e. The van der Waals surface area contributed by atoms with Crippen LogP contribution in [0.4, 0.5) is 0 Å². The highest BCUT2D eigenvalue weighted by Crippen LogP contribution is 2.38. The minimum absolute atomic E-state index is 0. The van der Waals surface area contributed by atoms with Crippen molar-refractivity contribution < 1.29 is 19.0 Å². The number of amides is 1. The summed E-state index contributed by atoms with van der Waals surface area (Å²) in [5.41, 5.74) is 6.36. The van der Waals surface area contributed by atoms with Crippen molar-refractivity contribution in [2.45, 2.75) is 19.3 Å². The summed E-state index contributed by atoms with van der Waals surface area (Å²) in [6.45, 7) is 3.07. The van der Waals surface area contributed by atoms with Crippen LogP contribution in [0.15, 0.2) is 12.1 Å². The summed E-state index contributed by atoms with van der Waals surface area (Å²) in [5.74, 6) is 1.27. The van der Waals surface area contributed by atoms with Gasteiger partial charge in [-0.1, -0.05) is 11.6 Å². The van der Waals surface area contributed by atoms with Crippen LogP contribution in [0.3, 0.4) is 0 Å². The molecule has 0 spiro atoms. The highest BCUT2D eigenvalue weighted by atomic mass is 35.5. The third-order valence-corrected chi connectivity index (χ3v) is 4.96. The van der Waals surface area contributed by atoms with E-state index in [1.165, 1.54) is 0 Å². The predicted octanol–water partition coefficient (Wildman–Crippen LogP) is 1.95. The van der Waals surface area contributed by atoms with Crippen LogP contribution in [0.1, 0.15) is 18.4 Å². The van der Waals surface area contributed by atoms with Crippen LogP contribution in [0.25, 0.3) is 0 Å². The Labute approximate surface area is 158 Å². The number of benzene rings is 1. The van der Waals surface area contributed by atoms with Crippen molar-refractivity contribution in [3.8, 4) is 11.5 Å². The predicted molar refractivity (Wildman–Crippen MR) is 97.9 cm³/mol. The molecule has 0 saturated carbocycles. The Balaban J connectivity index is 0.00000225. The first kappa shape index (κ1) is 20.1. The van der Waals surface area contributed by atoms with Gasteiger partial charge in [-0.25, -0.2) is 0 Å². The third-order valence-electron chi connectivity index (χ3n) is 4.68. The molecule has 0 aliphatic carbocycles. The summed E-state index contributed by atoms with van der Waals surface area (Å²) in [7, 11) is 0. The van der Waals surface area contributed by atoms with Crippen molar-refractivity contribution in [2.24, 2.45) is 11.1 Å². The summed E-state index contributed by atoms with van der Waals surface area (Å²) in [6, 6.07) is 3.77. The van der Waals surface area contributed by atoms with Crippen LogP contribution in [0, 0.1) is 5.41 Å². The maximum atomic E-state index is 12.5. The van der Waals surface area contributed by atoms with Gasteiger partial charge in [0.2, 0.25) is 5.91 Å². The molecule has 0 unspecified atom stereocenters. The molecule has 1 amide bonds. The zero-order chi connectivity index (χ0) is 17.0. The van der Waals surface area contributed by atoms with Gasteiger partial charge in [0.15, 0.2) is 11.5 Å². The Morgan fingerprint density at radius 3 is 2.64 bits per heavy atom. The van der Waals surface area contributed by atoms with E-state index in [0.717, 1.165) is 5.56 Å². The standard InChI is InChI=1S/C17H23ClN2O4.ClH/c18-13-9-12(10-14-15(13)24-8-7-23-14)1-4-20-16(21)17(11-19)2-5-22-6-3-17;/h9-10H,1-8,11,19H2,(H,20,21);1H. The maximum absolute atomic E-state index is 12.5. The number of ether oxygens (including phenoxy) is 3. The molecule has 0 aromatic heterocycles. The van der Waals surface area contributed by atoms with Crippen molar-refractivity contribution in [2.75, 3.05) is 39.5 Å². The first-order valence-corrected chi connectivity index (χ1v) is 8.66. The number of carbonyl (C=O) groups is 1. The number of carbonyl (C=O) groups excluding carboxylic acids is 1. The molecule has 25 heavy (non-hydrogen) atoms. The number of halogens is 2. The topological polar surface area (TPSA) is 82.8 Å². The Bertz CT molecular complexity index is 607. The molecule has 2 heterocycles. The SMILES string of the molecule is Cl.NCC1(C(=O)NCCc2cc(Cl)c3c(c2)OCCO3)CCOCC1. The van der Waals surface area contributed by atoms with Gasteiger partial charge in [0.1, 0.15) is 13.2 Å². The third kappa shape index (κ3) is 4.50. The van der Waals surface area contributed by atoms with Crippen LogP contribution in [-0.4, -0.2) is 45.4 Å². The van der Waals surface area contributed by atoms with Crippen molar-refractivity contribution in [1.29, 1.82) is 0 Å². The molecule has 3 N–H and O–H groups in total. The molecule has 0 radical (unpaired) electrons. The number of nitrogens with one attached hydrogen (secondary N) is 1. The highest BCUT2D eigenvalue weighted by Gasteiger charge is 2.38. The number of fused-ring (bicyclic) bond motifs is 1. The van der Waals surface area contributed by atoms with E-state index in [2.05, 4.69) is 5.32 Å². The molecule has 1 aromatic carbocycles. The van der Waals surface area contributed by atoms with Gasteiger partial charge in [-0.15, -0.1) is 12.4 Å². The van der Waals surface area contributed by atoms with Crippen LogP contribution in [-0.2, 0) is 16.0 Å². The molecule has 1 aromatic rings. The zero-order valence-electron chi connectivity index (χ0n) is 14.0. The van der Waals surface area contributed by atoms with Crippen molar-refractivity contribution in [1.82, 2.24) is 5.32 Å². The summed E-state index contributed by atoms with van der Waals surface area (Å²) >= 11 is 6.23. The van der Waals surface area contributed by atoms with Crippen molar-refractivity contribution in [3.63, 3.8) is 0 Å². The van der Waals surface area contributed by atoms with Gasteiger partial charge in [0.05, 0.1) is 10.4 Å². The average Bonchev–Trinajstić information content (AvgIpc) is 2.62. The lowest BCUT2D eigenvalue weighted by atomic mass is 9.79. The molecule has 0 bridgehead atoms. The van der Waals surface area contributed by atoms with Gasteiger partial charge in [0, 0.05) is 26.3 Å². The van der Waals surface area contributed by atoms with E-state index in [0.29, 0.717) is 75.3 Å². The largest absolute Gasteiger partial charge is 0.486 e. The summed E-state index contributed by atoms with van der Waals surface area (Å²) in [4.78, 5) is 12.5. The molecule has 1 saturated heterocycles. The minimum atomic E-state index is -0.497. The lowest BCUT2D eigenvalue weighted by Gasteiger charge is -2.34. The van der Waals surface area contributed by atoms with Gasteiger partial charge in [0.25, 0.3) is 0 Å². The van der Waals surface area contributed by atoms with E-state index in [-0.39, 0.29) is 18.3 Å². The Morgan fingerprint density at radius 2 is 1.92 bits per heavy atom. The first-order chi connectivity index (χ1) is 11.6. The van der Waals surface area contributed by atoms with E-state index < -0.39 is 5.41 Å². The maximum Gasteiger partial charge on any atom is 0.227 e. The lowest BCUT2D eigenvalue weighted by Crippen LogP contribution is -2.49. The van der Waals surface area contributed by atoms with E-state index in [1.54, 1.807) is 0 Å². The molecule has 2 aliphatic rings. The lowest BCUT2D eigenvalue weighted by molar-refractivity contribution is -0.135. The second kappa shape index (κ2) is 8.94. The fraction of sp³-hybridized carbons (Fsp3) is 0.588. The van der Waals surface area contributed by atoms with Gasteiger partial charge in [-0.2, -0.15) is 0 Å². The van der Waals surface area contributed by atoms with Crippen LogP contribution >= 0.6 is 24.0 Å².